The van der Waals surface area contributed by atoms with E-state index >= 15 is 0 Å². The zero-order chi connectivity index (χ0) is 13.3. The number of hydrogen-bond acceptors (Lipinski definition) is 2. The highest BCUT2D eigenvalue weighted by Gasteiger charge is 2.45. The second kappa shape index (κ2) is 4.73. The van der Waals surface area contributed by atoms with Crippen molar-refractivity contribution in [1.29, 1.82) is 0 Å². The maximum absolute atomic E-state index is 12.5. The van der Waals surface area contributed by atoms with Crippen LogP contribution in [0.4, 0.5) is 5.69 Å². The number of aliphatic hydroxyl groups excluding tert-OH is 1. The summed E-state index contributed by atoms with van der Waals surface area (Å²) in [5.41, 5.74) is 2.70. The lowest BCUT2D eigenvalue weighted by atomic mass is 9.68. The molecule has 1 aliphatic rings. The van der Waals surface area contributed by atoms with Gasteiger partial charge >= 0.3 is 0 Å². The number of amides is 1. The van der Waals surface area contributed by atoms with Crippen molar-refractivity contribution in [1.82, 2.24) is 0 Å². The molecule has 1 saturated carbocycles. The Hall–Kier alpha value is -1.35. The molecule has 98 valence electrons. The average Bonchev–Trinajstić information content (AvgIpc) is 2.27. The maximum atomic E-state index is 12.5. The fourth-order valence-corrected chi connectivity index (χ4v) is 2.69. The van der Waals surface area contributed by atoms with Gasteiger partial charge in [0.15, 0.2) is 0 Å². The van der Waals surface area contributed by atoms with Gasteiger partial charge in [-0.25, -0.2) is 0 Å². The summed E-state index contributed by atoms with van der Waals surface area (Å²) in [4.78, 5) is 14.2. The summed E-state index contributed by atoms with van der Waals surface area (Å²) in [6.45, 7) is 4.01. The lowest BCUT2D eigenvalue weighted by Gasteiger charge is -2.41. The van der Waals surface area contributed by atoms with E-state index < -0.39 is 5.41 Å². The highest BCUT2D eigenvalue weighted by Crippen LogP contribution is 2.42. The van der Waals surface area contributed by atoms with Gasteiger partial charge in [0.25, 0.3) is 0 Å². The molecule has 1 aromatic carbocycles. The second-order valence-electron chi connectivity index (χ2n) is 5.45. The fourth-order valence-electron chi connectivity index (χ4n) is 2.69. The Kier molecular flexibility index (Phi) is 3.44. The van der Waals surface area contributed by atoms with Crippen LogP contribution in [0.5, 0.6) is 0 Å². The Morgan fingerprint density at radius 2 is 2.06 bits per heavy atom. The minimum absolute atomic E-state index is 0.0406. The van der Waals surface area contributed by atoms with Gasteiger partial charge in [-0.1, -0.05) is 24.1 Å². The molecule has 0 aliphatic heterocycles. The van der Waals surface area contributed by atoms with Gasteiger partial charge in [-0.15, -0.1) is 0 Å². The molecule has 0 bridgehead atoms. The van der Waals surface area contributed by atoms with Crippen molar-refractivity contribution in [2.45, 2.75) is 33.1 Å². The van der Waals surface area contributed by atoms with E-state index in [-0.39, 0.29) is 12.5 Å². The Balaban J connectivity index is 2.25. The molecule has 0 heterocycles. The van der Waals surface area contributed by atoms with Gasteiger partial charge in [-0.05, 0) is 38.3 Å². The fraction of sp³-hybridized carbons (Fsp3) is 0.533. The number of hydrogen-bond donors (Lipinski definition) is 1. The Morgan fingerprint density at radius 1 is 1.39 bits per heavy atom. The molecular formula is C15H21NO2. The summed E-state index contributed by atoms with van der Waals surface area (Å²) >= 11 is 0. The van der Waals surface area contributed by atoms with Gasteiger partial charge in [-0.3, -0.25) is 4.79 Å². The maximum Gasteiger partial charge on any atom is 0.235 e. The zero-order valence-electron chi connectivity index (χ0n) is 11.4. The van der Waals surface area contributed by atoms with Crippen LogP contribution in [0.3, 0.4) is 0 Å². The van der Waals surface area contributed by atoms with Crippen LogP contribution >= 0.6 is 0 Å². The Morgan fingerprint density at radius 3 is 2.50 bits per heavy atom. The molecule has 1 fully saturated rings. The number of rotatable bonds is 3. The summed E-state index contributed by atoms with van der Waals surface area (Å²) < 4.78 is 0. The van der Waals surface area contributed by atoms with E-state index in [1.54, 1.807) is 11.9 Å². The van der Waals surface area contributed by atoms with Crippen molar-refractivity contribution >= 4 is 11.6 Å². The lowest BCUT2D eigenvalue weighted by molar-refractivity contribution is -0.136. The first-order valence-corrected chi connectivity index (χ1v) is 6.46. The standard InChI is InChI=1S/C15H21NO2/c1-11-5-6-13(12(2)9-11)16(3)14(18)15(10-17)7-4-8-15/h5-6,9,17H,4,7-8,10H2,1-3H3. The monoisotopic (exact) mass is 247 g/mol. The number of benzene rings is 1. The van der Waals surface area contributed by atoms with Crippen LogP contribution in [-0.4, -0.2) is 24.7 Å². The molecule has 0 saturated heterocycles. The molecule has 2 rings (SSSR count). The molecule has 3 heteroatoms. The smallest absolute Gasteiger partial charge is 0.235 e. The molecule has 0 aromatic heterocycles. The lowest BCUT2D eigenvalue weighted by Crippen LogP contribution is -2.49. The number of aryl methyl sites for hydroxylation is 2. The minimum Gasteiger partial charge on any atom is -0.395 e. The molecule has 1 aromatic rings. The molecule has 1 aliphatic carbocycles. The van der Waals surface area contributed by atoms with Crippen LogP contribution in [0.25, 0.3) is 0 Å². The van der Waals surface area contributed by atoms with E-state index in [9.17, 15) is 9.90 Å². The van der Waals surface area contributed by atoms with Crippen molar-refractivity contribution in [3.8, 4) is 0 Å². The summed E-state index contributed by atoms with van der Waals surface area (Å²) in [5, 5.41) is 9.47. The SMILES string of the molecule is Cc1ccc(N(C)C(=O)C2(CO)CCC2)c(C)c1. The number of nitrogens with zero attached hydrogens (tertiary/aromatic N) is 1. The summed E-state index contributed by atoms with van der Waals surface area (Å²) in [7, 11) is 1.80. The average molecular weight is 247 g/mol. The predicted octanol–water partition coefficient (Wildman–Crippen LogP) is 2.43. The predicted molar refractivity (Wildman–Crippen MR) is 72.7 cm³/mol. The molecule has 0 spiro atoms. The van der Waals surface area contributed by atoms with Crippen LogP contribution < -0.4 is 4.90 Å². The van der Waals surface area contributed by atoms with Crippen LogP contribution in [0.15, 0.2) is 18.2 Å². The van der Waals surface area contributed by atoms with Gasteiger partial charge in [0, 0.05) is 12.7 Å². The number of carbonyl (C=O) groups is 1. The van der Waals surface area contributed by atoms with Gasteiger partial charge < -0.3 is 10.0 Å². The van der Waals surface area contributed by atoms with Gasteiger partial charge in [0.2, 0.25) is 5.91 Å². The Labute approximate surface area is 108 Å². The van der Waals surface area contributed by atoms with Gasteiger partial charge in [0.05, 0.1) is 12.0 Å². The number of aliphatic hydroxyl groups is 1. The van der Waals surface area contributed by atoms with Gasteiger partial charge in [0.1, 0.15) is 0 Å². The molecule has 1 N–H and O–H groups in total. The van der Waals surface area contributed by atoms with Crippen molar-refractivity contribution in [3.63, 3.8) is 0 Å². The number of anilines is 1. The third-order valence-electron chi connectivity index (χ3n) is 4.09. The first-order chi connectivity index (χ1) is 8.50. The first kappa shape index (κ1) is 13.1. The summed E-state index contributed by atoms with van der Waals surface area (Å²) in [6, 6.07) is 6.07. The molecule has 0 unspecified atom stereocenters. The van der Waals surface area contributed by atoms with Crippen LogP contribution in [0.2, 0.25) is 0 Å². The van der Waals surface area contributed by atoms with Gasteiger partial charge in [-0.2, -0.15) is 0 Å². The van der Waals surface area contributed by atoms with Crippen LogP contribution in [-0.2, 0) is 4.79 Å². The third kappa shape index (κ3) is 2.03. The quantitative estimate of drug-likeness (QED) is 0.891. The number of carbonyl (C=O) groups excluding carboxylic acids is 1. The largest absolute Gasteiger partial charge is 0.395 e. The van der Waals surface area contributed by atoms with Crippen molar-refractivity contribution in [3.05, 3.63) is 29.3 Å². The van der Waals surface area contributed by atoms with E-state index in [2.05, 4.69) is 6.07 Å². The van der Waals surface area contributed by atoms with Crippen LogP contribution in [0, 0.1) is 19.3 Å². The van der Waals surface area contributed by atoms with Crippen LogP contribution in [0.1, 0.15) is 30.4 Å². The van der Waals surface area contributed by atoms with E-state index in [1.165, 1.54) is 5.56 Å². The summed E-state index contributed by atoms with van der Waals surface area (Å²) in [5.74, 6) is 0.0446. The van der Waals surface area contributed by atoms with E-state index in [0.29, 0.717) is 0 Å². The van der Waals surface area contributed by atoms with E-state index in [0.717, 1.165) is 30.5 Å². The highest BCUT2D eigenvalue weighted by molar-refractivity contribution is 5.98. The molecule has 3 nitrogen and oxygen atoms in total. The van der Waals surface area contributed by atoms with Crippen molar-refractivity contribution < 1.29 is 9.90 Å². The van der Waals surface area contributed by atoms with E-state index in [4.69, 9.17) is 0 Å². The molecular weight excluding hydrogens is 226 g/mol. The summed E-state index contributed by atoms with van der Waals surface area (Å²) in [6.07, 6.45) is 2.64. The van der Waals surface area contributed by atoms with Crippen molar-refractivity contribution in [2.24, 2.45) is 5.41 Å². The molecule has 1 amide bonds. The second-order valence-corrected chi connectivity index (χ2v) is 5.45. The molecule has 0 radical (unpaired) electrons. The normalized spacial score (nSPS) is 17.1. The van der Waals surface area contributed by atoms with E-state index in [1.807, 2.05) is 26.0 Å². The molecule has 0 atom stereocenters. The first-order valence-electron chi connectivity index (χ1n) is 6.46. The topological polar surface area (TPSA) is 40.5 Å². The Bertz CT molecular complexity index is 458. The highest BCUT2D eigenvalue weighted by atomic mass is 16.3. The minimum atomic E-state index is -0.522. The third-order valence-corrected chi connectivity index (χ3v) is 4.09. The van der Waals surface area contributed by atoms with Crippen molar-refractivity contribution in [2.75, 3.05) is 18.6 Å². The zero-order valence-corrected chi connectivity index (χ0v) is 11.4. The molecule has 18 heavy (non-hydrogen) atoms.